The summed E-state index contributed by atoms with van der Waals surface area (Å²) in [6.45, 7) is 7.48. The van der Waals surface area contributed by atoms with Crippen molar-refractivity contribution in [2.45, 2.75) is 6.42 Å². The molecule has 2 amide bonds. The standard InChI is InChI=1S/C16H21N5O/c1-2-6-21-7-5-12(11-21)9-17-16(22)19-14-4-3-13-10-18-20-15(13)8-14/h2-4,8,10,12H,1,5-7,9,11H2,(H,18,20)(H2,17,19,22). The lowest BCUT2D eigenvalue weighted by Gasteiger charge is -2.14. The molecule has 6 nitrogen and oxygen atoms in total. The predicted octanol–water partition coefficient (Wildman–Crippen LogP) is 2.19. The maximum atomic E-state index is 12.0. The Morgan fingerprint density at radius 2 is 2.45 bits per heavy atom. The van der Waals surface area contributed by atoms with Crippen molar-refractivity contribution in [2.24, 2.45) is 5.92 Å². The van der Waals surface area contributed by atoms with Gasteiger partial charge in [-0.25, -0.2) is 4.79 Å². The Bertz CT molecular complexity index is 665. The number of carbonyl (C=O) groups is 1. The second-order valence-corrected chi connectivity index (χ2v) is 5.71. The van der Waals surface area contributed by atoms with E-state index in [1.165, 1.54) is 0 Å². The van der Waals surface area contributed by atoms with Gasteiger partial charge >= 0.3 is 6.03 Å². The van der Waals surface area contributed by atoms with Crippen molar-refractivity contribution in [3.8, 4) is 0 Å². The number of anilines is 1. The van der Waals surface area contributed by atoms with E-state index in [1.807, 2.05) is 24.3 Å². The molecule has 3 rings (SSSR count). The fourth-order valence-corrected chi connectivity index (χ4v) is 2.86. The molecule has 1 atom stereocenters. The first-order chi connectivity index (χ1) is 10.7. The van der Waals surface area contributed by atoms with Gasteiger partial charge in [-0.3, -0.25) is 10.00 Å². The topological polar surface area (TPSA) is 73.1 Å². The van der Waals surface area contributed by atoms with Crippen molar-refractivity contribution in [1.82, 2.24) is 20.4 Å². The van der Waals surface area contributed by atoms with Crippen LogP contribution in [0.2, 0.25) is 0 Å². The van der Waals surface area contributed by atoms with Gasteiger partial charge < -0.3 is 10.6 Å². The minimum absolute atomic E-state index is 0.166. The van der Waals surface area contributed by atoms with Crippen molar-refractivity contribution >= 4 is 22.6 Å². The van der Waals surface area contributed by atoms with Crippen LogP contribution in [0.4, 0.5) is 10.5 Å². The van der Waals surface area contributed by atoms with Gasteiger partial charge in [0, 0.05) is 30.7 Å². The van der Waals surface area contributed by atoms with Crippen molar-refractivity contribution in [2.75, 3.05) is 31.5 Å². The van der Waals surface area contributed by atoms with E-state index in [0.717, 1.165) is 42.6 Å². The zero-order valence-corrected chi connectivity index (χ0v) is 12.5. The molecule has 2 heterocycles. The smallest absolute Gasteiger partial charge is 0.319 e. The monoisotopic (exact) mass is 299 g/mol. The van der Waals surface area contributed by atoms with E-state index in [0.29, 0.717) is 12.5 Å². The number of nitrogens with one attached hydrogen (secondary N) is 3. The molecule has 6 heteroatoms. The second kappa shape index (κ2) is 6.62. The Balaban J connectivity index is 1.47. The number of hydrogen-bond donors (Lipinski definition) is 3. The third-order valence-electron chi connectivity index (χ3n) is 4.01. The van der Waals surface area contributed by atoms with Crippen molar-refractivity contribution in [3.05, 3.63) is 37.1 Å². The van der Waals surface area contributed by atoms with E-state index in [2.05, 4.69) is 32.3 Å². The summed E-state index contributed by atoms with van der Waals surface area (Å²) in [6, 6.07) is 5.52. The maximum absolute atomic E-state index is 12.0. The van der Waals surface area contributed by atoms with Crippen molar-refractivity contribution < 1.29 is 4.79 Å². The lowest BCUT2D eigenvalue weighted by atomic mass is 10.1. The summed E-state index contributed by atoms with van der Waals surface area (Å²) in [4.78, 5) is 14.3. The van der Waals surface area contributed by atoms with Crippen LogP contribution in [-0.2, 0) is 0 Å². The lowest BCUT2D eigenvalue weighted by molar-refractivity contribution is 0.250. The number of H-pyrrole nitrogens is 1. The fraction of sp³-hybridized carbons (Fsp3) is 0.375. The molecule has 1 unspecified atom stereocenters. The number of likely N-dealkylation sites (tertiary alicyclic amines) is 1. The van der Waals surface area contributed by atoms with Crippen LogP contribution in [-0.4, -0.2) is 47.3 Å². The summed E-state index contributed by atoms with van der Waals surface area (Å²) in [7, 11) is 0. The number of carbonyl (C=O) groups excluding carboxylic acids is 1. The molecule has 3 N–H and O–H groups in total. The van der Waals surface area contributed by atoms with Crippen LogP contribution < -0.4 is 10.6 Å². The minimum Gasteiger partial charge on any atom is -0.338 e. The molecule has 2 aromatic rings. The Hall–Kier alpha value is -2.34. The highest BCUT2D eigenvalue weighted by Gasteiger charge is 2.21. The SMILES string of the molecule is C=CCN1CCC(CNC(=O)Nc2ccc3cn[nH]c3c2)C1. The molecule has 1 aliphatic heterocycles. The first-order valence-electron chi connectivity index (χ1n) is 7.56. The summed E-state index contributed by atoms with van der Waals surface area (Å²) in [6.07, 6.45) is 4.80. The number of aromatic amines is 1. The number of benzene rings is 1. The summed E-state index contributed by atoms with van der Waals surface area (Å²) < 4.78 is 0. The van der Waals surface area contributed by atoms with Crippen LogP contribution in [0.3, 0.4) is 0 Å². The van der Waals surface area contributed by atoms with E-state index >= 15 is 0 Å². The number of aromatic nitrogens is 2. The highest BCUT2D eigenvalue weighted by atomic mass is 16.2. The normalized spacial score (nSPS) is 18.5. The Kier molecular flexibility index (Phi) is 4.39. The molecule has 1 aliphatic rings. The van der Waals surface area contributed by atoms with Gasteiger partial charge in [0.2, 0.25) is 0 Å². The zero-order chi connectivity index (χ0) is 15.4. The number of amides is 2. The van der Waals surface area contributed by atoms with Gasteiger partial charge in [0.25, 0.3) is 0 Å². The summed E-state index contributed by atoms with van der Waals surface area (Å²) >= 11 is 0. The molecule has 116 valence electrons. The summed E-state index contributed by atoms with van der Waals surface area (Å²) in [5.74, 6) is 0.515. The highest BCUT2D eigenvalue weighted by Crippen LogP contribution is 2.17. The Labute approximate surface area is 129 Å². The predicted molar refractivity (Wildman–Crippen MR) is 87.9 cm³/mol. The van der Waals surface area contributed by atoms with E-state index in [-0.39, 0.29) is 6.03 Å². The lowest BCUT2D eigenvalue weighted by Crippen LogP contribution is -2.34. The van der Waals surface area contributed by atoms with Gasteiger partial charge in [-0.05, 0) is 37.1 Å². The summed E-state index contributed by atoms with van der Waals surface area (Å²) in [5.41, 5.74) is 1.67. The third-order valence-corrected chi connectivity index (χ3v) is 4.01. The van der Waals surface area contributed by atoms with Crippen LogP contribution in [0.15, 0.2) is 37.1 Å². The molecule has 1 fully saturated rings. The number of nitrogens with zero attached hydrogens (tertiary/aromatic N) is 2. The summed E-state index contributed by atoms with van der Waals surface area (Å²) in [5, 5.41) is 13.7. The van der Waals surface area contributed by atoms with Crippen LogP contribution in [0.5, 0.6) is 0 Å². The van der Waals surface area contributed by atoms with Crippen LogP contribution in [0, 0.1) is 5.92 Å². The number of fused-ring (bicyclic) bond motifs is 1. The highest BCUT2D eigenvalue weighted by molar-refractivity contribution is 5.92. The first-order valence-corrected chi connectivity index (χ1v) is 7.56. The van der Waals surface area contributed by atoms with Crippen LogP contribution >= 0.6 is 0 Å². The van der Waals surface area contributed by atoms with Gasteiger partial charge in [-0.15, -0.1) is 6.58 Å². The molecule has 1 aromatic carbocycles. The molecule has 0 saturated carbocycles. The van der Waals surface area contributed by atoms with Gasteiger partial charge in [0.05, 0.1) is 11.7 Å². The van der Waals surface area contributed by atoms with E-state index in [1.54, 1.807) is 6.20 Å². The second-order valence-electron chi connectivity index (χ2n) is 5.71. The molecule has 0 aliphatic carbocycles. The van der Waals surface area contributed by atoms with Crippen LogP contribution in [0.1, 0.15) is 6.42 Å². The number of hydrogen-bond acceptors (Lipinski definition) is 3. The van der Waals surface area contributed by atoms with Crippen molar-refractivity contribution in [3.63, 3.8) is 0 Å². The molecule has 0 bridgehead atoms. The molecule has 0 spiro atoms. The Morgan fingerprint density at radius 1 is 1.55 bits per heavy atom. The van der Waals surface area contributed by atoms with Gasteiger partial charge in [0.1, 0.15) is 0 Å². The third kappa shape index (κ3) is 3.46. The Morgan fingerprint density at radius 3 is 3.32 bits per heavy atom. The average Bonchev–Trinajstić information content (AvgIpc) is 3.14. The van der Waals surface area contributed by atoms with E-state index < -0.39 is 0 Å². The molecule has 22 heavy (non-hydrogen) atoms. The van der Waals surface area contributed by atoms with Gasteiger partial charge in [0.15, 0.2) is 0 Å². The van der Waals surface area contributed by atoms with Crippen molar-refractivity contribution in [1.29, 1.82) is 0 Å². The number of urea groups is 1. The molecule has 1 aromatic heterocycles. The molecular weight excluding hydrogens is 278 g/mol. The van der Waals surface area contributed by atoms with E-state index in [4.69, 9.17) is 0 Å². The fourth-order valence-electron chi connectivity index (χ4n) is 2.86. The average molecular weight is 299 g/mol. The van der Waals surface area contributed by atoms with Crippen LogP contribution in [0.25, 0.3) is 10.9 Å². The maximum Gasteiger partial charge on any atom is 0.319 e. The van der Waals surface area contributed by atoms with E-state index in [9.17, 15) is 4.79 Å². The van der Waals surface area contributed by atoms with Gasteiger partial charge in [-0.1, -0.05) is 6.08 Å². The minimum atomic E-state index is -0.166. The largest absolute Gasteiger partial charge is 0.338 e. The first kappa shape index (κ1) is 14.6. The quantitative estimate of drug-likeness (QED) is 0.741. The molecule has 1 saturated heterocycles. The number of rotatable bonds is 5. The molecular formula is C16H21N5O. The molecule has 0 radical (unpaired) electrons. The zero-order valence-electron chi connectivity index (χ0n) is 12.5. The van der Waals surface area contributed by atoms with Gasteiger partial charge in [-0.2, -0.15) is 5.10 Å².